The van der Waals surface area contributed by atoms with Gasteiger partial charge in [0.2, 0.25) is 0 Å². The van der Waals surface area contributed by atoms with Crippen LogP contribution in [0.1, 0.15) is 16.3 Å². The fourth-order valence-electron chi connectivity index (χ4n) is 2.05. The van der Waals surface area contributed by atoms with E-state index in [1.54, 1.807) is 18.3 Å². The fraction of sp³-hybridized carbons (Fsp3) is 0.231. The lowest BCUT2D eigenvalue weighted by atomic mass is 10.2. The standard InChI is InChI=1S/C13H12FN3S2/c1-7-3-11-10(4-9(7)14)16-13(18)17(11)5-12-15-8(2)6-19-12/h3-4,6H,5H2,1-2H3,(H,16,18). The molecule has 0 unspecified atom stereocenters. The Balaban J connectivity index is 2.15. The molecule has 0 saturated heterocycles. The lowest BCUT2D eigenvalue weighted by Crippen LogP contribution is -1.99. The van der Waals surface area contributed by atoms with Gasteiger partial charge in [-0.25, -0.2) is 9.37 Å². The van der Waals surface area contributed by atoms with E-state index in [-0.39, 0.29) is 5.82 Å². The third-order valence-electron chi connectivity index (χ3n) is 3.01. The van der Waals surface area contributed by atoms with Crippen LogP contribution in [0.2, 0.25) is 0 Å². The van der Waals surface area contributed by atoms with Gasteiger partial charge in [0.05, 0.1) is 17.6 Å². The third-order valence-corrected chi connectivity index (χ3v) is 4.29. The summed E-state index contributed by atoms with van der Waals surface area (Å²) in [4.78, 5) is 7.47. The average molecular weight is 293 g/mol. The highest BCUT2D eigenvalue weighted by Gasteiger charge is 2.09. The topological polar surface area (TPSA) is 33.6 Å². The monoisotopic (exact) mass is 293 g/mol. The summed E-state index contributed by atoms with van der Waals surface area (Å²) < 4.78 is 16.1. The van der Waals surface area contributed by atoms with Crippen LogP contribution in [0.5, 0.6) is 0 Å². The Morgan fingerprint density at radius 1 is 1.42 bits per heavy atom. The molecule has 0 aliphatic heterocycles. The van der Waals surface area contributed by atoms with E-state index in [0.29, 0.717) is 16.9 Å². The number of halogens is 1. The molecule has 2 aromatic heterocycles. The molecule has 0 amide bonds. The van der Waals surface area contributed by atoms with E-state index in [9.17, 15) is 4.39 Å². The van der Waals surface area contributed by atoms with Gasteiger partial charge in [0.25, 0.3) is 0 Å². The number of thiazole rings is 1. The van der Waals surface area contributed by atoms with E-state index >= 15 is 0 Å². The number of benzene rings is 1. The number of hydrogen-bond acceptors (Lipinski definition) is 3. The van der Waals surface area contributed by atoms with Crippen molar-refractivity contribution in [3.63, 3.8) is 0 Å². The largest absolute Gasteiger partial charge is 0.330 e. The van der Waals surface area contributed by atoms with Crippen LogP contribution in [0, 0.1) is 24.4 Å². The van der Waals surface area contributed by atoms with Crippen LogP contribution < -0.4 is 0 Å². The number of H-pyrrole nitrogens is 1. The fourth-order valence-corrected chi connectivity index (χ4v) is 3.08. The molecule has 0 aliphatic carbocycles. The molecule has 0 spiro atoms. The van der Waals surface area contributed by atoms with E-state index < -0.39 is 0 Å². The Morgan fingerprint density at radius 2 is 2.21 bits per heavy atom. The van der Waals surface area contributed by atoms with Gasteiger partial charge in [-0.15, -0.1) is 11.3 Å². The maximum atomic E-state index is 13.5. The van der Waals surface area contributed by atoms with Crippen molar-refractivity contribution in [1.82, 2.24) is 14.5 Å². The van der Waals surface area contributed by atoms with Gasteiger partial charge in [0.1, 0.15) is 10.8 Å². The Kier molecular flexibility index (Phi) is 2.99. The minimum atomic E-state index is -0.221. The number of aromatic nitrogens is 3. The first-order valence-corrected chi connectivity index (χ1v) is 7.13. The molecular weight excluding hydrogens is 281 g/mol. The maximum absolute atomic E-state index is 13.5. The van der Waals surface area contributed by atoms with Gasteiger partial charge < -0.3 is 9.55 Å². The van der Waals surface area contributed by atoms with Crippen molar-refractivity contribution in [2.24, 2.45) is 0 Å². The van der Waals surface area contributed by atoms with Gasteiger partial charge in [0, 0.05) is 11.1 Å². The summed E-state index contributed by atoms with van der Waals surface area (Å²) >= 11 is 6.91. The molecule has 3 aromatic rings. The first kappa shape index (κ1) is 12.5. The lowest BCUT2D eigenvalue weighted by molar-refractivity contribution is 0.620. The van der Waals surface area contributed by atoms with Crippen LogP contribution in [-0.2, 0) is 6.54 Å². The van der Waals surface area contributed by atoms with E-state index in [2.05, 4.69) is 9.97 Å². The molecule has 0 radical (unpaired) electrons. The zero-order valence-electron chi connectivity index (χ0n) is 10.5. The quantitative estimate of drug-likeness (QED) is 0.726. The smallest absolute Gasteiger partial charge is 0.178 e. The molecule has 6 heteroatoms. The zero-order valence-corrected chi connectivity index (χ0v) is 12.2. The highest BCUT2D eigenvalue weighted by atomic mass is 32.1. The van der Waals surface area contributed by atoms with Crippen molar-refractivity contribution < 1.29 is 4.39 Å². The zero-order chi connectivity index (χ0) is 13.6. The molecular formula is C13H12FN3S2. The van der Waals surface area contributed by atoms with Crippen molar-refractivity contribution in [2.75, 3.05) is 0 Å². The average Bonchev–Trinajstić information content (AvgIpc) is 2.87. The molecule has 1 N–H and O–H groups in total. The van der Waals surface area contributed by atoms with E-state index in [4.69, 9.17) is 12.2 Å². The molecule has 0 aliphatic rings. The SMILES string of the molecule is Cc1csc(Cn2c(=S)[nH]c3cc(F)c(C)cc32)n1. The number of aromatic amines is 1. The second-order valence-corrected chi connectivity index (χ2v) is 5.85. The summed E-state index contributed by atoms with van der Waals surface area (Å²) in [5, 5.41) is 3.01. The molecule has 98 valence electrons. The van der Waals surface area contributed by atoms with Crippen molar-refractivity contribution in [3.8, 4) is 0 Å². The lowest BCUT2D eigenvalue weighted by Gasteiger charge is -2.03. The van der Waals surface area contributed by atoms with Gasteiger partial charge in [-0.3, -0.25) is 0 Å². The minimum Gasteiger partial charge on any atom is -0.330 e. The first-order chi connectivity index (χ1) is 9.04. The van der Waals surface area contributed by atoms with Crippen LogP contribution in [0.3, 0.4) is 0 Å². The second-order valence-electron chi connectivity index (χ2n) is 4.52. The first-order valence-electron chi connectivity index (χ1n) is 5.84. The normalized spacial score (nSPS) is 11.3. The molecule has 19 heavy (non-hydrogen) atoms. The predicted octanol–water partition coefficient (Wildman–Crippen LogP) is 3.96. The van der Waals surface area contributed by atoms with Gasteiger partial charge in [-0.2, -0.15) is 0 Å². The molecule has 2 heterocycles. The third kappa shape index (κ3) is 2.21. The van der Waals surface area contributed by atoms with Crippen molar-refractivity contribution in [1.29, 1.82) is 0 Å². The number of nitrogens with one attached hydrogen (secondary N) is 1. The van der Waals surface area contributed by atoms with Crippen LogP contribution in [0.4, 0.5) is 4.39 Å². The maximum Gasteiger partial charge on any atom is 0.178 e. The van der Waals surface area contributed by atoms with Crippen molar-refractivity contribution in [2.45, 2.75) is 20.4 Å². The number of hydrogen-bond donors (Lipinski definition) is 1. The summed E-state index contributed by atoms with van der Waals surface area (Å²) in [6.07, 6.45) is 0. The highest BCUT2D eigenvalue weighted by Crippen LogP contribution is 2.21. The predicted molar refractivity (Wildman–Crippen MR) is 77.8 cm³/mol. The Morgan fingerprint density at radius 3 is 2.89 bits per heavy atom. The van der Waals surface area contributed by atoms with Crippen LogP contribution in [0.15, 0.2) is 17.5 Å². The van der Waals surface area contributed by atoms with Gasteiger partial charge in [0.15, 0.2) is 4.77 Å². The number of imidazole rings is 1. The molecule has 3 nitrogen and oxygen atoms in total. The minimum absolute atomic E-state index is 0.221. The molecule has 0 bridgehead atoms. The highest BCUT2D eigenvalue weighted by molar-refractivity contribution is 7.71. The molecule has 0 fully saturated rings. The molecule has 0 atom stereocenters. The summed E-state index contributed by atoms with van der Waals surface area (Å²) in [5.74, 6) is -0.221. The Labute approximate surface area is 118 Å². The van der Waals surface area contributed by atoms with E-state index in [1.807, 2.05) is 22.9 Å². The van der Waals surface area contributed by atoms with Crippen LogP contribution in [-0.4, -0.2) is 14.5 Å². The second kappa shape index (κ2) is 4.54. The van der Waals surface area contributed by atoms with Crippen molar-refractivity contribution >= 4 is 34.6 Å². The van der Waals surface area contributed by atoms with Gasteiger partial charge in [-0.1, -0.05) is 0 Å². The number of fused-ring (bicyclic) bond motifs is 1. The van der Waals surface area contributed by atoms with Crippen LogP contribution >= 0.6 is 23.6 Å². The number of rotatable bonds is 2. The number of aryl methyl sites for hydroxylation is 2. The molecule has 0 saturated carbocycles. The Hall–Kier alpha value is -1.53. The van der Waals surface area contributed by atoms with Crippen LogP contribution in [0.25, 0.3) is 11.0 Å². The molecule has 3 rings (SSSR count). The summed E-state index contributed by atoms with van der Waals surface area (Å²) in [6, 6.07) is 3.31. The summed E-state index contributed by atoms with van der Waals surface area (Å²) in [7, 11) is 0. The van der Waals surface area contributed by atoms with Gasteiger partial charge in [-0.05, 0) is 43.8 Å². The van der Waals surface area contributed by atoms with Crippen molar-refractivity contribution in [3.05, 3.63) is 44.4 Å². The molecule has 1 aromatic carbocycles. The van der Waals surface area contributed by atoms with E-state index in [0.717, 1.165) is 21.7 Å². The van der Waals surface area contributed by atoms with E-state index in [1.165, 1.54) is 6.07 Å². The van der Waals surface area contributed by atoms with Gasteiger partial charge >= 0.3 is 0 Å². The summed E-state index contributed by atoms with van der Waals surface area (Å²) in [6.45, 7) is 4.33. The Bertz CT molecular complexity index is 813. The number of nitrogens with zero attached hydrogens (tertiary/aromatic N) is 2. The summed E-state index contributed by atoms with van der Waals surface area (Å²) in [5.41, 5.74) is 3.26.